The van der Waals surface area contributed by atoms with Crippen molar-refractivity contribution in [2.24, 2.45) is 5.92 Å². The van der Waals surface area contributed by atoms with Crippen LogP contribution < -0.4 is 5.32 Å². The van der Waals surface area contributed by atoms with Gasteiger partial charge in [0.2, 0.25) is 0 Å². The first-order valence-electron chi connectivity index (χ1n) is 8.08. The average molecular weight is 275 g/mol. The van der Waals surface area contributed by atoms with Gasteiger partial charge < -0.3 is 5.32 Å². The van der Waals surface area contributed by atoms with Crippen LogP contribution in [0.1, 0.15) is 75.1 Å². The summed E-state index contributed by atoms with van der Waals surface area (Å²) in [7, 11) is 0. The van der Waals surface area contributed by atoms with E-state index in [0.717, 1.165) is 29.7 Å². The Labute approximate surface area is 123 Å². The Morgan fingerprint density at radius 3 is 2.30 bits per heavy atom. The van der Waals surface area contributed by atoms with Crippen LogP contribution >= 0.6 is 0 Å². The van der Waals surface area contributed by atoms with Gasteiger partial charge in [0.15, 0.2) is 0 Å². The third-order valence-corrected chi connectivity index (χ3v) is 4.61. The fraction of sp³-hybridized carbons (Fsp3) is 0.765. The Morgan fingerprint density at radius 2 is 1.80 bits per heavy atom. The second kappa shape index (κ2) is 6.66. The molecular weight excluding hydrogens is 246 g/mol. The fourth-order valence-electron chi connectivity index (χ4n) is 3.19. The molecule has 1 aromatic heterocycles. The number of hydrogen-bond acceptors (Lipinski definition) is 3. The molecule has 2 atom stereocenters. The van der Waals surface area contributed by atoms with Crippen LogP contribution in [0, 0.1) is 19.8 Å². The lowest BCUT2D eigenvalue weighted by Gasteiger charge is -2.16. The van der Waals surface area contributed by atoms with Gasteiger partial charge in [0, 0.05) is 35.5 Å². The standard InChI is InChI=1S/C17H29N3/c1-6-14-7-8-15(9-14)17-19-12(4)16(13(5)20-17)10-18-11(2)3/h11,14-15,18H,6-10H2,1-5H3. The van der Waals surface area contributed by atoms with Crippen molar-refractivity contribution in [3.05, 3.63) is 22.8 Å². The molecule has 2 rings (SSSR count). The molecule has 0 aliphatic heterocycles. The van der Waals surface area contributed by atoms with Crippen molar-refractivity contribution < 1.29 is 0 Å². The Morgan fingerprint density at radius 1 is 1.15 bits per heavy atom. The van der Waals surface area contributed by atoms with E-state index < -0.39 is 0 Å². The number of hydrogen-bond donors (Lipinski definition) is 1. The summed E-state index contributed by atoms with van der Waals surface area (Å²) in [5, 5.41) is 3.47. The van der Waals surface area contributed by atoms with Crippen molar-refractivity contribution in [3.63, 3.8) is 0 Å². The molecular formula is C17H29N3. The lowest BCUT2D eigenvalue weighted by Crippen LogP contribution is -2.23. The highest BCUT2D eigenvalue weighted by Gasteiger charge is 2.27. The summed E-state index contributed by atoms with van der Waals surface area (Å²) in [6.07, 6.45) is 5.18. The van der Waals surface area contributed by atoms with Gasteiger partial charge in [-0.1, -0.05) is 27.2 Å². The normalized spacial score (nSPS) is 22.7. The van der Waals surface area contributed by atoms with E-state index in [1.165, 1.54) is 31.2 Å². The van der Waals surface area contributed by atoms with E-state index >= 15 is 0 Å². The molecule has 3 nitrogen and oxygen atoms in total. The molecule has 0 bridgehead atoms. The van der Waals surface area contributed by atoms with Crippen LogP contribution in [-0.2, 0) is 6.54 Å². The molecule has 1 fully saturated rings. The number of nitrogens with one attached hydrogen (secondary N) is 1. The van der Waals surface area contributed by atoms with Gasteiger partial charge in [-0.25, -0.2) is 9.97 Å². The average Bonchev–Trinajstić information content (AvgIpc) is 2.86. The number of aryl methyl sites for hydroxylation is 2. The molecule has 0 aromatic carbocycles. The Kier molecular flexibility index (Phi) is 5.14. The van der Waals surface area contributed by atoms with Crippen molar-refractivity contribution >= 4 is 0 Å². The molecule has 1 N–H and O–H groups in total. The maximum Gasteiger partial charge on any atom is 0.131 e. The third kappa shape index (κ3) is 3.57. The topological polar surface area (TPSA) is 37.8 Å². The van der Waals surface area contributed by atoms with Crippen molar-refractivity contribution in [1.29, 1.82) is 0 Å². The second-order valence-corrected chi connectivity index (χ2v) is 6.55. The van der Waals surface area contributed by atoms with Crippen LogP contribution in [-0.4, -0.2) is 16.0 Å². The first-order chi connectivity index (χ1) is 9.51. The summed E-state index contributed by atoms with van der Waals surface area (Å²) in [6, 6.07) is 0.494. The van der Waals surface area contributed by atoms with Crippen LogP contribution in [0.3, 0.4) is 0 Å². The maximum absolute atomic E-state index is 4.81. The zero-order chi connectivity index (χ0) is 14.7. The van der Waals surface area contributed by atoms with Gasteiger partial charge in [0.25, 0.3) is 0 Å². The van der Waals surface area contributed by atoms with Crippen molar-refractivity contribution in [2.75, 3.05) is 0 Å². The summed E-state index contributed by atoms with van der Waals surface area (Å²) < 4.78 is 0. The smallest absolute Gasteiger partial charge is 0.131 e. The quantitative estimate of drug-likeness (QED) is 0.886. The molecule has 2 unspecified atom stereocenters. The van der Waals surface area contributed by atoms with Gasteiger partial charge in [-0.05, 0) is 39.0 Å². The van der Waals surface area contributed by atoms with Gasteiger partial charge in [0.1, 0.15) is 5.82 Å². The van der Waals surface area contributed by atoms with E-state index in [4.69, 9.17) is 9.97 Å². The van der Waals surface area contributed by atoms with E-state index in [9.17, 15) is 0 Å². The number of rotatable bonds is 5. The fourth-order valence-corrected chi connectivity index (χ4v) is 3.19. The van der Waals surface area contributed by atoms with E-state index in [0.29, 0.717) is 12.0 Å². The van der Waals surface area contributed by atoms with E-state index in [1.807, 2.05) is 0 Å². The van der Waals surface area contributed by atoms with Crippen LogP contribution in [0.4, 0.5) is 0 Å². The van der Waals surface area contributed by atoms with Crippen molar-refractivity contribution in [2.45, 2.75) is 78.8 Å². The number of aromatic nitrogens is 2. The summed E-state index contributed by atoms with van der Waals surface area (Å²) in [5.74, 6) is 2.56. The van der Waals surface area contributed by atoms with Crippen LogP contribution in [0.25, 0.3) is 0 Å². The Hall–Kier alpha value is -0.960. The Bertz CT molecular complexity index is 431. The number of nitrogens with zero attached hydrogens (tertiary/aromatic N) is 2. The molecule has 3 heteroatoms. The molecule has 0 saturated heterocycles. The highest BCUT2D eigenvalue weighted by molar-refractivity contribution is 5.25. The first-order valence-corrected chi connectivity index (χ1v) is 8.08. The molecule has 1 aliphatic carbocycles. The van der Waals surface area contributed by atoms with Crippen molar-refractivity contribution in [1.82, 2.24) is 15.3 Å². The molecule has 0 radical (unpaired) electrons. The minimum atomic E-state index is 0.494. The predicted octanol–water partition coefficient (Wildman–Crippen LogP) is 3.89. The van der Waals surface area contributed by atoms with E-state index in [2.05, 4.69) is 39.9 Å². The summed E-state index contributed by atoms with van der Waals surface area (Å²) in [5.41, 5.74) is 3.58. The molecule has 1 saturated carbocycles. The lowest BCUT2D eigenvalue weighted by molar-refractivity contribution is 0.515. The van der Waals surface area contributed by atoms with Gasteiger partial charge in [0.05, 0.1) is 0 Å². The minimum Gasteiger partial charge on any atom is -0.310 e. The molecule has 112 valence electrons. The minimum absolute atomic E-state index is 0.494. The maximum atomic E-state index is 4.81. The van der Waals surface area contributed by atoms with Crippen LogP contribution in [0.5, 0.6) is 0 Å². The molecule has 0 spiro atoms. The molecule has 1 heterocycles. The van der Waals surface area contributed by atoms with Gasteiger partial charge in [-0.15, -0.1) is 0 Å². The molecule has 0 amide bonds. The summed E-state index contributed by atoms with van der Waals surface area (Å²) >= 11 is 0. The van der Waals surface area contributed by atoms with Crippen LogP contribution in [0.15, 0.2) is 0 Å². The molecule has 1 aliphatic rings. The van der Waals surface area contributed by atoms with Crippen LogP contribution in [0.2, 0.25) is 0 Å². The zero-order valence-corrected chi connectivity index (χ0v) is 13.7. The molecule has 1 aromatic rings. The third-order valence-electron chi connectivity index (χ3n) is 4.61. The van der Waals surface area contributed by atoms with Gasteiger partial charge in [-0.2, -0.15) is 0 Å². The summed E-state index contributed by atoms with van der Waals surface area (Å²) in [6.45, 7) is 11.8. The van der Waals surface area contributed by atoms with E-state index in [1.54, 1.807) is 0 Å². The Balaban J connectivity index is 2.13. The van der Waals surface area contributed by atoms with Gasteiger partial charge in [-0.3, -0.25) is 0 Å². The summed E-state index contributed by atoms with van der Waals surface area (Å²) in [4.78, 5) is 9.62. The highest BCUT2D eigenvalue weighted by atomic mass is 14.9. The zero-order valence-electron chi connectivity index (χ0n) is 13.7. The second-order valence-electron chi connectivity index (χ2n) is 6.55. The molecule has 20 heavy (non-hydrogen) atoms. The van der Waals surface area contributed by atoms with E-state index in [-0.39, 0.29) is 0 Å². The van der Waals surface area contributed by atoms with Gasteiger partial charge >= 0.3 is 0 Å². The lowest BCUT2D eigenvalue weighted by atomic mass is 10.0. The highest BCUT2D eigenvalue weighted by Crippen LogP contribution is 2.38. The SMILES string of the molecule is CCC1CCC(c2nc(C)c(CNC(C)C)c(C)n2)C1. The van der Waals surface area contributed by atoms with Crippen molar-refractivity contribution in [3.8, 4) is 0 Å². The predicted molar refractivity (Wildman–Crippen MR) is 83.9 cm³/mol. The first kappa shape index (κ1) is 15.4. The monoisotopic (exact) mass is 275 g/mol. The largest absolute Gasteiger partial charge is 0.310 e.